The van der Waals surface area contributed by atoms with Gasteiger partial charge in [-0.15, -0.1) is 0 Å². The molecule has 0 bridgehead atoms. The second-order valence-corrected chi connectivity index (χ2v) is 6.05. The first-order valence-corrected chi connectivity index (χ1v) is 7.39. The minimum Gasteiger partial charge on any atom is -0.382 e. The Morgan fingerprint density at radius 3 is 2.25 bits per heavy atom. The van der Waals surface area contributed by atoms with Gasteiger partial charge in [0.15, 0.2) is 0 Å². The van der Waals surface area contributed by atoms with Crippen molar-refractivity contribution in [3.8, 4) is 0 Å². The molecule has 114 valence electrons. The van der Waals surface area contributed by atoms with Crippen LogP contribution >= 0.6 is 0 Å². The van der Waals surface area contributed by atoms with Gasteiger partial charge in [-0.05, 0) is 23.1 Å². The fourth-order valence-corrected chi connectivity index (χ4v) is 2.08. The van der Waals surface area contributed by atoms with Crippen molar-refractivity contribution >= 4 is 0 Å². The first-order chi connectivity index (χ1) is 9.49. The lowest BCUT2D eigenvalue weighted by molar-refractivity contribution is 0.0588. The molecule has 0 spiro atoms. The van der Waals surface area contributed by atoms with Crippen LogP contribution in [0.15, 0.2) is 24.3 Å². The lowest BCUT2D eigenvalue weighted by Gasteiger charge is -2.22. The Hall–Kier alpha value is -0.900. The van der Waals surface area contributed by atoms with E-state index in [0.717, 1.165) is 6.54 Å². The maximum absolute atomic E-state index is 5.65. The first-order valence-electron chi connectivity index (χ1n) is 7.39. The van der Waals surface area contributed by atoms with Crippen molar-refractivity contribution in [2.45, 2.75) is 39.2 Å². The van der Waals surface area contributed by atoms with Crippen molar-refractivity contribution in [2.75, 3.05) is 33.5 Å². The van der Waals surface area contributed by atoms with Gasteiger partial charge in [-0.1, -0.05) is 52.0 Å². The molecule has 1 rings (SSSR count). The molecule has 0 aliphatic rings. The number of hydrogen-bond acceptors (Lipinski definition) is 3. The molecule has 1 N–H and O–H groups in total. The molecule has 1 unspecified atom stereocenters. The topological polar surface area (TPSA) is 30.5 Å². The number of methoxy groups -OCH3 is 1. The van der Waals surface area contributed by atoms with Crippen molar-refractivity contribution < 1.29 is 9.47 Å². The fraction of sp³-hybridized carbons (Fsp3) is 0.647. The van der Waals surface area contributed by atoms with E-state index in [-0.39, 0.29) is 11.5 Å². The molecule has 3 nitrogen and oxygen atoms in total. The third-order valence-electron chi connectivity index (χ3n) is 3.35. The Morgan fingerprint density at radius 2 is 1.75 bits per heavy atom. The largest absolute Gasteiger partial charge is 0.382 e. The van der Waals surface area contributed by atoms with E-state index in [4.69, 9.17) is 9.47 Å². The van der Waals surface area contributed by atoms with E-state index >= 15 is 0 Å². The Morgan fingerprint density at radius 1 is 1.10 bits per heavy atom. The van der Waals surface area contributed by atoms with Crippen LogP contribution < -0.4 is 5.32 Å². The van der Waals surface area contributed by atoms with E-state index < -0.39 is 0 Å². The molecule has 0 amide bonds. The fourth-order valence-electron chi connectivity index (χ4n) is 2.08. The van der Waals surface area contributed by atoms with Crippen LogP contribution in [0.1, 0.15) is 44.9 Å². The van der Waals surface area contributed by atoms with Crippen LogP contribution in [0.4, 0.5) is 0 Å². The molecule has 0 saturated heterocycles. The molecule has 0 fully saturated rings. The summed E-state index contributed by atoms with van der Waals surface area (Å²) >= 11 is 0. The van der Waals surface area contributed by atoms with Gasteiger partial charge in [0.2, 0.25) is 0 Å². The monoisotopic (exact) mass is 279 g/mol. The van der Waals surface area contributed by atoms with Crippen LogP contribution in [0.2, 0.25) is 0 Å². The second kappa shape index (κ2) is 8.40. The van der Waals surface area contributed by atoms with Gasteiger partial charge in [0.25, 0.3) is 0 Å². The normalized spacial score (nSPS) is 13.4. The minimum absolute atomic E-state index is 0.196. The van der Waals surface area contributed by atoms with Crippen LogP contribution in [-0.2, 0) is 14.9 Å². The number of benzene rings is 1. The molecule has 0 radical (unpaired) electrons. The first kappa shape index (κ1) is 17.2. The predicted octanol–water partition coefficient (Wildman–Crippen LogP) is 3.30. The van der Waals surface area contributed by atoms with Gasteiger partial charge in [0.05, 0.1) is 25.9 Å². The third kappa shape index (κ3) is 5.61. The van der Waals surface area contributed by atoms with Gasteiger partial charge in [0.1, 0.15) is 0 Å². The van der Waals surface area contributed by atoms with Crippen LogP contribution in [-0.4, -0.2) is 33.5 Å². The molecular weight excluding hydrogens is 250 g/mol. The Balaban J connectivity index is 2.66. The van der Waals surface area contributed by atoms with Crippen LogP contribution in [0.5, 0.6) is 0 Å². The number of nitrogens with one attached hydrogen (secondary N) is 1. The van der Waals surface area contributed by atoms with Gasteiger partial charge >= 0.3 is 0 Å². The highest BCUT2D eigenvalue weighted by Gasteiger charge is 2.15. The summed E-state index contributed by atoms with van der Waals surface area (Å²) in [7, 11) is 1.69. The maximum Gasteiger partial charge on any atom is 0.0701 e. The third-order valence-corrected chi connectivity index (χ3v) is 3.35. The molecule has 1 aromatic rings. The number of hydrogen-bond donors (Lipinski definition) is 1. The van der Waals surface area contributed by atoms with Gasteiger partial charge in [-0.25, -0.2) is 0 Å². The second-order valence-electron chi connectivity index (χ2n) is 6.05. The number of rotatable bonds is 8. The van der Waals surface area contributed by atoms with Gasteiger partial charge < -0.3 is 14.8 Å². The summed E-state index contributed by atoms with van der Waals surface area (Å²) in [6.07, 6.45) is 0. The average Bonchev–Trinajstić information content (AvgIpc) is 2.41. The molecule has 0 saturated carbocycles. The van der Waals surface area contributed by atoms with E-state index in [1.54, 1.807) is 7.11 Å². The smallest absolute Gasteiger partial charge is 0.0701 e. The summed E-state index contributed by atoms with van der Waals surface area (Å²) in [5, 5.41) is 3.47. The predicted molar refractivity (Wildman–Crippen MR) is 84.3 cm³/mol. The molecule has 20 heavy (non-hydrogen) atoms. The van der Waals surface area contributed by atoms with Gasteiger partial charge in [-0.2, -0.15) is 0 Å². The highest BCUT2D eigenvalue weighted by Crippen LogP contribution is 2.24. The zero-order valence-electron chi connectivity index (χ0n) is 13.5. The summed E-state index contributed by atoms with van der Waals surface area (Å²) in [5.74, 6) is 0. The summed E-state index contributed by atoms with van der Waals surface area (Å²) < 4.78 is 10.7. The van der Waals surface area contributed by atoms with Crippen LogP contribution in [0, 0.1) is 0 Å². The molecule has 0 heterocycles. The van der Waals surface area contributed by atoms with E-state index in [9.17, 15) is 0 Å². The Kier molecular flexibility index (Phi) is 7.20. The molecule has 0 aromatic heterocycles. The average molecular weight is 279 g/mol. The van der Waals surface area contributed by atoms with Crippen molar-refractivity contribution in [3.05, 3.63) is 35.4 Å². The highest BCUT2D eigenvalue weighted by atomic mass is 16.5. The zero-order chi connectivity index (χ0) is 15.0. The standard InChI is InChI=1S/C17H29NO2/c1-6-18-16(13-20-12-11-19-5)14-7-9-15(10-8-14)17(2,3)4/h7-10,16,18H,6,11-13H2,1-5H3. The van der Waals surface area contributed by atoms with Crippen molar-refractivity contribution in [3.63, 3.8) is 0 Å². The lowest BCUT2D eigenvalue weighted by atomic mass is 9.86. The van der Waals surface area contributed by atoms with E-state index in [2.05, 4.69) is 57.3 Å². The van der Waals surface area contributed by atoms with Crippen LogP contribution in [0.3, 0.4) is 0 Å². The number of likely N-dealkylation sites (N-methyl/N-ethyl adjacent to an activating group) is 1. The summed E-state index contributed by atoms with van der Waals surface area (Å²) in [5.41, 5.74) is 2.83. The van der Waals surface area contributed by atoms with Crippen molar-refractivity contribution in [1.29, 1.82) is 0 Å². The summed E-state index contributed by atoms with van der Waals surface area (Å²) in [4.78, 5) is 0. The molecule has 0 aliphatic heterocycles. The minimum atomic E-state index is 0.196. The van der Waals surface area contributed by atoms with Gasteiger partial charge in [-0.3, -0.25) is 0 Å². The van der Waals surface area contributed by atoms with E-state index in [1.807, 2.05) is 0 Å². The van der Waals surface area contributed by atoms with Crippen molar-refractivity contribution in [1.82, 2.24) is 5.32 Å². The molecule has 3 heteroatoms. The van der Waals surface area contributed by atoms with Crippen molar-refractivity contribution in [2.24, 2.45) is 0 Å². The van der Waals surface area contributed by atoms with Gasteiger partial charge in [0, 0.05) is 7.11 Å². The zero-order valence-corrected chi connectivity index (χ0v) is 13.5. The molecule has 1 aromatic carbocycles. The quantitative estimate of drug-likeness (QED) is 0.741. The Labute approximate surface area is 123 Å². The molecule has 1 atom stereocenters. The number of ether oxygens (including phenoxy) is 2. The molecular formula is C17H29NO2. The highest BCUT2D eigenvalue weighted by molar-refractivity contribution is 5.29. The maximum atomic E-state index is 5.65. The lowest BCUT2D eigenvalue weighted by Crippen LogP contribution is -2.26. The van der Waals surface area contributed by atoms with E-state index in [1.165, 1.54) is 11.1 Å². The SMILES string of the molecule is CCNC(COCCOC)c1ccc(C(C)(C)C)cc1. The Bertz CT molecular complexity index is 368. The van der Waals surface area contributed by atoms with E-state index in [0.29, 0.717) is 19.8 Å². The summed E-state index contributed by atoms with van der Waals surface area (Å²) in [6, 6.07) is 9.08. The van der Waals surface area contributed by atoms with Crippen LogP contribution in [0.25, 0.3) is 0 Å². The molecule has 0 aliphatic carbocycles. The summed E-state index contributed by atoms with van der Waals surface area (Å²) in [6.45, 7) is 11.7.